The summed E-state index contributed by atoms with van der Waals surface area (Å²) >= 11 is 1.19. The Balaban J connectivity index is 2.13. The number of thiophene rings is 1. The summed E-state index contributed by atoms with van der Waals surface area (Å²) in [4.78, 5) is 27.9. The summed E-state index contributed by atoms with van der Waals surface area (Å²) in [5, 5.41) is 2.90. The molecule has 0 spiro atoms. The number of nitrogens with one attached hydrogen (secondary N) is 1. The number of hydrogen-bond acceptors (Lipinski definition) is 4. The lowest BCUT2D eigenvalue weighted by Gasteiger charge is -2.33. The van der Waals surface area contributed by atoms with E-state index >= 15 is 0 Å². The molecule has 1 aromatic carbocycles. The van der Waals surface area contributed by atoms with Crippen LogP contribution in [0.25, 0.3) is 0 Å². The molecule has 0 radical (unpaired) electrons. The van der Waals surface area contributed by atoms with Gasteiger partial charge in [0, 0.05) is 15.8 Å². The average Bonchev–Trinajstić information content (AvgIpc) is 3.17. The smallest absolute Gasteiger partial charge is 0.471 e. The minimum atomic E-state index is -5.18. The lowest BCUT2D eigenvalue weighted by Crippen LogP contribution is -2.50. The zero-order chi connectivity index (χ0) is 23.5. The third-order valence-corrected chi connectivity index (χ3v) is 6.60. The number of carbonyl (C=O) groups excluding carboxylic acids is 2. The van der Waals surface area contributed by atoms with Crippen molar-refractivity contribution in [3.63, 3.8) is 0 Å². The molecule has 0 unspecified atom stereocenters. The summed E-state index contributed by atoms with van der Waals surface area (Å²) in [6, 6.07) is 6.34. The van der Waals surface area contributed by atoms with Gasteiger partial charge < -0.3 is 10.1 Å². The van der Waals surface area contributed by atoms with Gasteiger partial charge in [-0.05, 0) is 56.5 Å². The first-order valence-electron chi connectivity index (χ1n) is 10.5. The number of nitrogens with zero attached hydrogens (tertiary/aromatic N) is 1. The maximum Gasteiger partial charge on any atom is 0.471 e. The Hall–Kier alpha value is -2.55. The van der Waals surface area contributed by atoms with Crippen LogP contribution >= 0.6 is 11.3 Å². The number of ether oxygens (including phenoxy) is 1. The number of rotatable bonds is 6. The van der Waals surface area contributed by atoms with E-state index in [1.807, 2.05) is 0 Å². The topological polar surface area (TPSA) is 58.6 Å². The standard InChI is InChI=1S/C23H27F3N2O3S/c1-14-9-11-18(31-3)17(13-14)28(22(30)23(24,25)26)20(19-12-10-15(2)32-19)21(29)27-16-7-5-4-6-8-16/h9-13,16,20H,4-8H2,1-3H3,(H,27,29)/t20-/m1/s1. The van der Waals surface area contributed by atoms with Gasteiger partial charge in [-0.25, -0.2) is 0 Å². The normalized spacial score (nSPS) is 15.8. The SMILES string of the molecule is COc1ccc(C)cc1N(C(=O)C(F)(F)F)[C@@H](C(=O)NC1CCCCC1)c1ccc(C)s1. The van der Waals surface area contributed by atoms with Crippen LogP contribution in [0.3, 0.4) is 0 Å². The molecule has 5 nitrogen and oxygen atoms in total. The predicted molar refractivity (Wildman–Crippen MR) is 118 cm³/mol. The summed E-state index contributed by atoms with van der Waals surface area (Å²) < 4.78 is 46.6. The van der Waals surface area contributed by atoms with Crippen molar-refractivity contribution in [3.05, 3.63) is 45.6 Å². The number of hydrogen-bond donors (Lipinski definition) is 1. The number of methoxy groups -OCH3 is 1. The van der Waals surface area contributed by atoms with Crippen molar-refractivity contribution in [2.75, 3.05) is 12.0 Å². The molecule has 2 aromatic rings. The molecule has 9 heteroatoms. The molecule has 1 aliphatic carbocycles. The highest BCUT2D eigenvalue weighted by Gasteiger charge is 2.48. The Morgan fingerprint density at radius 1 is 1.12 bits per heavy atom. The second-order valence-electron chi connectivity index (χ2n) is 8.04. The van der Waals surface area contributed by atoms with E-state index in [0.29, 0.717) is 15.3 Å². The number of halogens is 3. The molecule has 1 aromatic heterocycles. The first kappa shape index (κ1) is 24.1. The average molecular weight is 469 g/mol. The largest absolute Gasteiger partial charge is 0.495 e. The quantitative estimate of drug-likeness (QED) is 0.613. The highest BCUT2D eigenvalue weighted by atomic mass is 32.1. The Kier molecular flexibility index (Phi) is 7.48. The van der Waals surface area contributed by atoms with Crippen molar-refractivity contribution < 1.29 is 27.5 Å². The van der Waals surface area contributed by atoms with Crippen LogP contribution in [0.5, 0.6) is 5.75 Å². The molecular weight excluding hydrogens is 441 g/mol. The second kappa shape index (κ2) is 9.94. The van der Waals surface area contributed by atoms with Crippen LogP contribution in [-0.2, 0) is 9.59 Å². The van der Waals surface area contributed by atoms with Crippen LogP contribution in [-0.4, -0.2) is 31.1 Å². The molecule has 1 fully saturated rings. The first-order valence-corrected chi connectivity index (χ1v) is 11.3. The highest BCUT2D eigenvalue weighted by molar-refractivity contribution is 7.12. The fourth-order valence-electron chi connectivity index (χ4n) is 3.99. The number of benzene rings is 1. The molecule has 3 rings (SSSR count). The van der Waals surface area contributed by atoms with Crippen molar-refractivity contribution in [1.29, 1.82) is 0 Å². The fraction of sp³-hybridized carbons (Fsp3) is 0.478. The van der Waals surface area contributed by atoms with Crippen LogP contribution in [0.1, 0.15) is 53.5 Å². The van der Waals surface area contributed by atoms with Crippen LogP contribution in [0.2, 0.25) is 0 Å². The fourth-order valence-corrected chi connectivity index (χ4v) is 4.96. The molecule has 1 atom stereocenters. The summed E-state index contributed by atoms with van der Waals surface area (Å²) in [6.07, 6.45) is -0.676. The van der Waals surface area contributed by atoms with Crippen molar-refractivity contribution >= 4 is 28.8 Å². The minimum absolute atomic E-state index is 0.0805. The van der Waals surface area contributed by atoms with Gasteiger partial charge in [0.1, 0.15) is 5.75 Å². The maximum absolute atomic E-state index is 13.8. The van der Waals surface area contributed by atoms with Gasteiger partial charge in [-0.2, -0.15) is 13.2 Å². The molecule has 0 aliphatic heterocycles. The van der Waals surface area contributed by atoms with Crippen molar-refractivity contribution in [1.82, 2.24) is 5.32 Å². The Morgan fingerprint density at radius 3 is 2.38 bits per heavy atom. The van der Waals surface area contributed by atoms with Gasteiger partial charge in [-0.3, -0.25) is 14.5 Å². The van der Waals surface area contributed by atoms with Crippen LogP contribution < -0.4 is 15.0 Å². The third kappa shape index (κ3) is 5.43. The summed E-state index contributed by atoms with van der Waals surface area (Å²) in [5.74, 6) is -2.66. The number of anilines is 1. The zero-order valence-electron chi connectivity index (χ0n) is 18.3. The van der Waals surface area contributed by atoms with Gasteiger partial charge >= 0.3 is 12.1 Å². The van der Waals surface area contributed by atoms with E-state index in [1.54, 1.807) is 32.0 Å². The van der Waals surface area contributed by atoms with E-state index in [9.17, 15) is 22.8 Å². The lowest BCUT2D eigenvalue weighted by atomic mass is 9.95. The van der Waals surface area contributed by atoms with Gasteiger partial charge in [0.25, 0.3) is 0 Å². The summed E-state index contributed by atoms with van der Waals surface area (Å²) in [5.41, 5.74) is 0.541. The zero-order valence-corrected chi connectivity index (χ0v) is 19.1. The number of alkyl halides is 3. The Bertz CT molecular complexity index is 968. The molecule has 0 bridgehead atoms. The predicted octanol–water partition coefficient (Wildman–Crippen LogP) is 5.46. The Morgan fingerprint density at radius 2 is 1.81 bits per heavy atom. The van der Waals surface area contributed by atoms with Crippen molar-refractivity contribution in [3.8, 4) is 5.75 Å². The van der Waals surface area contributed by atoms with E-state index in [2.05, 4.69) is 5.32 Å². The molecule has 32 heavy (non-hydrogen) atoms. The molecule has 1 N–H and O–H groups in total. The molecule has 1 aliphatic rings. The molecule has 1 saturated carbocycles. The molecule has 2 amide bonds. The van der Waals surface area contributed by atoms with Crippen LogP contribution in [0.15, 0.2) is 30.3 Å². The Labute approximate surface area is 189 Å². The van der Waals surface area contributed by atoms with Gasteiger partial charge in [0.05, 0.1) is 12.8 Å². The monoisotopic (exact) mass is 468 g/mol. The van der Waals surface area contributed by atoms with E-state index in [4.69, 9.17) is 4.74 Å². The van der Waals surface area contributed by atoms with E-state index in [0.717, 1.165) is 37.0 Å². The molecular formula is C23H27F3N2O3S. The first-order chi connectivity index (χ1) is 15.1. The van der Waals surface area contributed by atoms with Crippen LogP contribution in [0.4, 0.5) is 18.9 Å². The maximum atomic E-state index is 13.8. The van der Waals surface area contributed by atoms with Crippen molar-refractivity contribution in [2.24, 2.45) is 0 Å². The van der Waals surface area contributed by atoms with Gasteiger partial charge in [0.15, 0.2) is 6.04 Å². The molecule has 1 heterocycles. The number of amides is 2. The van der Waals surface area contributed by atoms with E-state index in [1.165, 1.54) is 30.6 Å². The van der Waals surface area contributed by atoms with Crippen molar-refractivity contribution in [2.45, 2.75) is 64.2 Å². The van der Waals surface area contributed by atoms with Gasteiger partial charge in [-0.1, -0.05) is 25.3 Å². The van der Waals surface area contributed by atoms with E-state index in [-0.39, 0.29) is 17.5 Å². The van der Waals surface area contributed by atoms with Crippen LogP contribution in [0, 0.1) is 13.8 Å². The molecule has 174 valence electrons. The number of aryl methyl sites for hydroxylation is 2. The third-order valence-electron chi connectivity index (χ3n) is 5.54. The molecule has 0 saturated heterocycles. The highest BCUT2D eigenvalue weighted by Crippen LogP contribution is 2.40. The minimum Gasteiger partial charge on any atom is -0.495 e. The summed E-state index contributed by atoms with van der Waals surface area (Å²) in [7, 11) is 1.32. The lowest BCUT2D eigenvalue weighted by molar-refractivity contribution is -0.171. The van der Waals surface area contributed by atoms with Gasteiger partial charge in [-0.15, -0.1) is 11.3 Å². The summed E-state index contributed by atoms with van der Waals surface area (Å²) in [6.45, 7) is 3.50. The van der Waals surface area contributed by atoms with Gasteiger partial charge in [0.2, 0.25) is 5.91 Å². The second-order valence-corrected chi connectivity index (χ2v) is 9.36. The number of carbonyl (C=O) groups is 2. The van der Waals surface area contributed by atoms with E-state index < -0.39 is 24.0 Å².